The molecular weight excluding hydrogens is 1080 g/mol. The highest BCUT2D eigenvalue weighted by atomic mass is 16.7. The number of carbonyl (C=O) groups excluding carboxylic acids is 3. The van der Waals surface area contributed by atoms with Crippen molar-refractivity contribution in [2.24, 2.45) is 0 Å². The summed E-state index contributed by atoms with van der Waals surface area (Å²) in [6, 6.07) is 0. The monoisotopic (exact) mass is 1210 g/mol. The number of unbranched alkanes of at least 4 members (excludes halogenated alkanes) is 27. The molecule has 0 radical (unpaired) electrons. The summed E-state index contributed by atoms with van der Waals surface area (Å²) in [5, 5.41) is 11.8. The van der Waals surface area contributed by atoms with Gasteiger partial charge in [-0.25, -0.2) is 0 Å². The van der Waals surface area contributed by atoms with E-state index in [0.29, 0.717) is 17.4 Å². The lowest BCUT2D eigenvalue weighted by atomic mass is 10.0. The van der Waals surface area contributed by atoms with Crippen molar-refractivity contribution in [3.8, 4) is 0 Å². The number of carboxylic acid groups (broad SMARTS) is 1. The van der Waals surface area contributed by atoms with Crippen molar-refractivity contribution in [2.45, 2.75) is 296 Å². The topological polar surface area (TPSA) is 111 Å². The second-order valence-corrected chi connectivity index (χ2v) is 24.4. The summed E-state index contributed by atoms with van der Waals surface area (Å²) in [5.74, 6) is -2.29. The lowest BCUT2D eigenvalue weighted by Gasteiger charge is -2.26. The maximum atomic E-state index is 12.9. The van der Waals surface area contributed by atoms with Gasteiger partial charge in [0.2, 0.25) is 0 Å². The molecule has 496 valence electrons. The van der Waals surface area contributed by atoms with Gasteiger partial charge in [-0.15, -0.1) is 0 Å². The van der Waals surface area contributed by atoms with Gasteiger partial charge in [0.25, 0.3) is 0 Å². The number of ether oxygens (including phenoxy) is 4. The van der Waals surface area contributed by atoms with E-state index in [2.05, 4.69) is 148 Å². The van der Waals surface area contributed by atoms with Gasteiger partial charge in [0.15, 0.2) is 12.4 Å². The van der Waals surface area contributed by atoms with E-state index in [-0.39, 0.29) is 38.6 Å². The van der Waals surface area contributed by atoms with Crippen molar-refractivity contribution in [2.75, 3.05) is 47.5 Å². The molecule has 0 aliphatic heterocycles. The number of carboxylic acids is 1. The molecule has 0 aromatic heterocycles. The van der Waals surface area contributed by atoms with Crippen LogP contribution in [0.2, 0.25) is 0 Å². The predicted octanol–water partition coefficient (Wildman–Crippen LogP) is 20.8. The second-order valence-electron chi connectivity index (χ2n) is 24.4. The van der Waals surface area contributed by atoms with Crippen LogP contribution >= 0.6 is 0 Å². The molecule has 0 aromatic rings. The largest absolute Gasteiger partial charge is 0.545 e. The SMILES string of the molecule is CC/C=C\C/C=C\C/C=C\C/C=C\C/C=C\C/C=C\C/C=C\C/C=C\C/C=C\CCCCCCCCCCCCCCCC(=O)OC(COC(=O)CCCCCCCCCCC/C=C\C/C=C\CCCCCCC)COC(OCC[N+](C)(C)C)C(=O)[O-]. The Kier molecular flexibility index (Phi) is 63.8. The molecule has 0 aromatic carbocycles. The first-order valence-electron chi connectivity index (χ1n) is 35.3. The number of carbonyl (C=O) groups is 3. The number of hydrogen-bond donors (Lipinski definition) is 0. The van der Waals surface area contributed by atoms with Crippen molar-refractivity contribution in [1.82, 2.24) is 0 Å². The Bertz CT molecular complexity index is 1890. The van der Waals surface area contributed by atoms with E-state index in [0.717, 1.165) is 109 Å². The molecule has 87 heavy (non-hydrogen) atoms. The van der Waals surface area contributed by atoms with Crippen molar-refractivity contribution < 1.29 is 42.9 Å². The molecule has 0 spiro atoms. The lowest BCUT2D eigenvalue weighted by molar-refractivity contribution is -0.870. The summed E-state index contributed by atoms with van der Waals surface area (Å²) < 4.78 is 22.8. The van der Waals surface area contributed by atoms with Crippen LogP contribution in [0.15, 0.2) is 134 Å². The van der Waals surface area contributed by atoms with Gasteiger partial charge in [-0.05, 0) is 116 Å². The summed E-state index contributed by atoms with van der Waals surface area (Å²) in [7, 11) is 5.92. The molecule has 0 saturated carbocycles. The van der Waals surface area contributed by atoms with E-state index < -0.39 is 24.3 Å². The number of allylic oxidation sites excluding steroid dienone is 22. The van der Waals surface area contributed by atoms with Gasteiger partial charge in [-0.3, -0.25) is 9.59 Å². The molecule has 2 unspecified atom stereocenters. The molecule has 0 rings (SSSR count). The zero-order valence-electron chi connectivity index (χ0n) is 56.6. The van der Waals surface area contributed by atoms with Gasteiger partial charge in [0, 0.05) is 12.8 Å². The lowest BCUT2D eigenvalue weighted by Crippen LogP contribution is -2.44. The highest BCUT2D eigenvalue weighted by Crippen LogP contribution is 2.16. The van der Waals surface area contributed by atoms with E-state index in [1.54, 1.807) is 0 Å². The van der Waals surface area contributed by atoms with Crippen LogP contribution < -0.4 is 5.11 Å². The molecule has 0 aliphatic carbocycles. The van der Waals surface area contributed by atoms with Crippen molar-refractivity contribution in [3.63, 3.8) is 0 Å². The third kappa shape index (κ3) is 68.8. The van der Waals surface area contributed by atoms with E-state index in [4.69, 9.17) is 18.9 Å². The van der Waals surface area contributed by atoms with E-state index in [1.165, 1.54) is 141 Å². The van der Waals surface area contributed by atoms with Crippen LogP contribution in [0.3, 0.4) is 0 Å². The van der Waals surface area contributed by atoms with Crippen LogP contribution in [-0.2, 0) is 33.3 Å². The standard InChI is InChI=1S/C78H131NO8/c1-6-8-10-12-14-16-18-20-22-24-26-28-29-30-31-32-33-34-35-36-37-38-39-40-41-42-43-44-45-46-47-49-51-53-55-57-59-61-63-65-67-69-76(81)87-74(73-86-78(77(82)83)84-71-70-79(3,4)5)72-85-75(80)68-66-64-62-60-58-56-54-52-50-48-27-25-23-21-19-17-15-13-11-9-7-2/h8,10,14,16,19-22,25-28,30-31,33-34,36-37,39-40,42-43,74,78H,6-7,9,11-13,15,17-18,23-24,29,32,35,38,41,44-73H2,1-5H3/b10-8-,16-14-,21-19-,22-20-,27-25-,28-26-,31-30-,34-33-,37-36-,40-39-,43-42-. The zero-order valence-corrected chi connectivity index (χ0v) is 56.6. The fourth-order valence-corrected chi connectivity index (χ4v) is 9.50. The zero-order chi connectivity index (χ0) is 63.3. The van der Waals surface area contributed by atoms with E-state index in [9.17, 15) is 19.5 Å². The van der Waals surface area contributed by atoms with Crippen molar-refractivity contribution >= 4 is 17.9 Å². The van der Waals surface area contributed by atoms with Gasteiger partial charge in [0.05, 0.1) is 40.3 Å². The van der Waals surface area contributed by atoms with Crippen LogP contribution in [0.4, 0.5) is 0 Å². The van der Waals surface area contributed by atoms with Crippen LogP contribution in [0.5, 0.6) is 0 Å². The first-order valence-corrected chi connectivity index (χ1v) is 35.3. The van der Waals surface area contributed by atoms with E-state index >= 15 is 0 Å². The Morgan fingerprint density at radius 3 is 0.977 bits per heavy atom. The summed E-state index contributed by atoms with van der Waals surface area (Å²) in [4.78, 5) is 37.5. The molecule has 2 atom stereocenters. The maximum Gasteiger partial charge on any atom is 0.306 e. The third-order valence-electron chi connectivity index (χ3n) is 14.9. The number of hydrogen-bond acceptors (Lipinski definition) is 8. The van der Waals surface area contributed by atoms with Crippen LogP contribution in [0.1, 0.15) is 284 Å². The number of nitrogens with zero attached hydrogens (tertiary/aromatic N) is 1. The molecule has 0 saturated heterocycles. The Hall–Kier alpha value is -4.57. The van der Waals surface area contributed by atoms with Crippen molar-refractivity contribution in [1.29, 1.82) is 0 Å². The fourth-order valence-electron chi connectivity index (χ4n) is 9.50. The Morgan fingerprint density at radius 2 is 0.655 bits per heavy atom. The Morgan fingerprint density at radius 1 is 0.356 bits per heavy atom. The number of rotatable bonds is 64. The molecule has 0 bridgehead atoms. The predicted molar refractivity (Wildman–Crippen MR) is 370 cm³/mol. The Labute approximate surface area is 535 Å². The molecular formula is C78H131NO8. The summed E-state index contributed by atoms with van der Waals surface area (Å²) in [6.07, 6.45) is 93.8. The summed E-state index contributed by atoms with van der Waals surface area (Å²) in [6.45, 7) is 4.63. The third-order valence-corrected chi connectivity index (χ3v) is 14.9. The quantitative estimate of drug-likeness (QED) is 0.0195. The van der Waals surface area contributed by atoms with Gasteiger partial charge >= 0.3 is 11.9 Å². The van der Waals surface area contributed by atoms with Gasteiger partial charge in [-0.2, -0.15) is 0 Å². The van der Waals surface area contributed by atoms with Crippen LogP contribution in [0, 0.1) is 0 Å². The maximum absolute atomic E-state index is 12.9. The molecule has 9 nitrogen and oxygen atoms in total. The average molecular weight is 1210 g/mol. The minimum Gasteiger partial charge on any atom is -0.545 e. The Balaban J connectivity index is 4.11. The number of likely N-dealkylation sites (N-methyl/N-ethyl adjacent to an activating group) is 1. The molecule has 0 amide bonds. The summed E-state index contributed by atoms with van der Waals surface area (Å²) in [5.41, 5.74) is 0. The average Bonchev–Trinajstić information content (AvgIpc) is 3.59. The molecule has 0 heterocycles. The fraction of sp³-hybridized carbons (Fsp3) is 0.679. The van der Waals surface area contributed by atoms with Gasteiger partial charge in [0.1, 0.15) is 13.2 Å². The van der Waals surface area contributed by atoms with Gasteiger partial charge < -0.3 is 33.3 Å². The first-order chi connectivity index (χ1) is 42.6. The first kappa shape index (κ1) is 82.4. The molecule has 0 aliphatic rings. The smallest absolute Gasteiger partial charge is 0.306 e. The minimum absolute atomic E-state index is 0.142. The second kappa shape index (κ2) is 67.4. The number of quaternary nitrogens is 1. The molecule has 0 N–H and O–H groups in total. The number of esters is 2. The van der Waals surface area contributed by atoms with Gasteiger partial charge in [-0.1, -0.05) is 289 Å². The highest BCUT2D eigenvalue weighted by molar-refractivity contribution is 5.70. The van der Waals surface area contributed by atoms with Crippen molar-refractivity contribution in [3.05, 3.63) is 134 Å². The minimum atomic E-state index is -1.63. The number of aliphatic carboxylic acids is 1. The highest BCUT2D eigenvalue weighted by Gasteiger charge is 2.22. The normalized spacial score (nSPS) is 13.5. The van der Waals surface area contributed by atoms with Crippen LogP contribution in [-0.4, -0.2) is 82.3 Å². The summed E-state index contributed by atoms with van der Waals surface area (Å²) >= 11 is 0. The van der Waals surface area contributed by atoms with Crippen LogP contribution in [0.25, 0.3) is 0 Å². The molecule has 9 heteroatoms. The molecule has 0 fully saturated rings. The van der Waals surface area contributed by atoms with E-state index in [1.807, 2.05) is 21.1 Å².